The summed E-state index contributed by atoms with van der Waals surface area (Å²) in [4.78, 5) is 16.9. The monoisotopic (exact) mass is 253 g/mol. The third kappa shape index (κ3) is 2.40. The van der Waals surface area contributed by atoms with Crippen LogP contribution in [-0.4, -0.2) is 10.8 Å². The van der Waals surface area contributed by atoms with Crippen LogP contribution in [0.5, 0.6) is 0 Å². The fourth-order valence-corrected chi connectivity index (χ4v) is 3.21. The van der Waals surface area contributed by atoms with Gasteiger partial charge in [-0.15, -0.1) is 0 Å². The number of hydrogen-bond acceptors (Lipinski definition) is 2. The van der Waals surface area contributed by atoms with E-state index < -0.39 is 0 Å². The lowest BCUT2D eigenvalue weighted by atomic mass is 9.78. The van der Waals surface area contributed by atoms with Gasteiger partial charge in [-0.05, 0) is 24.1 Å². The van der Waals surface area contributed by atoms with Gasteiger partial charge in [0.2, 0.25) is 0 Å². The molecule has 1 aliphatic carbocycles. The first-order valence-electron chi connectivity index (χ1n) is 7.12. The van der Waals surface area contributed by atoms with Gasteiger partial charge >= 0.3 is 0 Å². The molecule has 0 radical (unpaired) electrons. The smallest absolute Gasteiger partial charge is 0.168 e. The lowest BCUT2D eigenvalue weighted by Gasteiger charge is -2.25. The fraction of sp³-hybridized carbons (Fsp3) is 0.412. The van der Waals surface area contributed by atoms with Gasteiger partial charge in [0.1, 0.15) is 0 Å². The zero-order valence-electron chi connectivity index (χ0n) is 11.3. The second-order valence-corrected chi connectivity index (χ2v) is 5.74. The summed E-state index contributed by atoms with van der Waals surface area (Å²) in [6, 6.07) is 8.02. The van der Waals surface area contributed by atoms with Crippen LogP contribution in [0.1, 0.15) is 43.0 Å². The summed E-state index contributed by atoms with van der Waals surface area (Å²) < 4.78 is 0. The van der Waals surface area contributed by atoms with E-state index in [9.17, 15) is 4.79 Å². The molecule has 0 aliphatic heterocycles. The van der Waals surface area contributed by atoms with Crippen molar-refractivity contribution in [1.82, 2.24) is 4.98 Å². The molecule has 2 nitrogen and oxygen atoms in total. The Balaban J connectivity index is 1.97. The minimum atomic E-state index is 0.191. The predicted molar refractivity (Wildman–Crippen MR) is 77.2 cm³/mol. The predicted octanol–water partition coefficient (Wildman–Crippen LogP) is 4.24. The highest BCUT2D eigenvalue weighted by Gasteiger charge is 2.26. The van der Waals surface area contributed by atoms with Gasteiger partial charge in [-0.1, -0.05) is 44.0 Å². The van der Waals surface area contributed by atoms with E-state index in [0.29, 0.717) is 5.92 Å². The number of benzene rings is 1. The van der Waals surface area contributed by atoms with E-state index in [4.69, 9.17) is 0 Å². The summed E-state index contributed by atoms with van der Waals surface area (Å²) in [5.41, 5.74) is 0.803. The van der Waals surface area contributed by atoms with E-state index in [1.165, 1.54) is 12.8 Å². The SMILES string of the molecule is CC1CCCC(C(=O)c2cncc3ccccc23)C1. The van der Waals surface area contributed by atoms with Gasteiger partial charge in [0.05, 0.1) is 0 Å². The van der Waals surface area contributed by atoms with Crippen LogP contribution in [0.2, 0.25) is 0 Å². The largest absolute Gasteiger partial charge is 0.294 e. The number of hydrogen-bond donors (Lipinski definition) is 0. The molecule has 2 unspecified atom stereocenters. The zero-order valence-corrected chi connectivity index (χ0v) is 11.3. The maximum absolute atomic E-state index is 12.7. The fourth-order valence-electron chi connectivity index (χ4n) is 3.21. The molecule has 19 heavy (non-hydrogen) atoms. The number of ketones is 1. The molecule has 0 spiro atoms. The molecule has 1 heterocycles. The van der Waals surface area contributed by atoms with Crippen LogP contribution >= 0.6 is 0 Å². The molecular weight excluding hydrogens is 234 g/mol. The summed E-state index contributed by atoms with van der Waals surface area (Å²) in [6.45, 7) is 2.25. The molecule has 1 aromatic carbocycles. The highest BCUT2D eigenvalue weighted by molar-refractivity contribution is 6.08. The van der Waals surface area contributed by atoms with Crippen molar-refractivity contribution >= 4 is 16.6 Å². The number of rotatable bonds is 2. The Bertz CT molecular complexity index is 600. The number of nitrogens with zero attached hydrogens (tertiary/aromatic N) is 1. The van der Waals surface area contributed by atoms with E-state index >= 15 is 0 Å². The van der Waals surface area contributed by atoms with E-state index in [0.717, 1.165) is 29.2 Å². The number of carbonyl (C=O) groups excluding carboxylic acids is 1. The number of aromatic nitrogens is 1. The molecule has 98 valence electrons. The normalized spacial score (nSPS) is 23.4. The van der Waals surface area contributed by atoms with Crippen molar-refractivity contribution in [3.8, 4) is 0 Å². The first kappa shape index (κ1) is 12.3. The van der Waals surface area contributed by atoms with Gasteiger partial charge < -0.3 is 0 Å². The zero-order chi connectivity index (χ0) is 13.2. The quantitative estimate of drug-likeness (QED) is 0.749. The first-order valence-corrected chi connectivity index (χ1v) is 7.12. The van der Waals surface area contributed by atoms with Gasteiger partial charge in [0, 0.05) is 29.3 Å². The third-order valence-corrected chi connectivity index (χ3v) is 4.24. The Labute approximate surface area is 113 Å². The minimum Gasteiger partial charge on any atom is -0.294 e. The van der Waals surface area contributed by atoms with Crippen LogP contribution in [0.4, 0.5) is 0 Å². The number of pyridine rings is 1. The molecule has 0 bridgehead atoms. The summed E-state index contributed by atoms with van der Waals surface area (Å²) in [5, 5.41) is 2.10. The molecule has 1 saturated carbocycles. The molecule has 0 N–H and O–H groups in total. The van der Waals surface area contributed by atoms with Gasteiger partial charge in [-0.25, -0.2) is 0 Å². The number of Topliss-reactive ketones (excluding diaryl/α,β-unsaturated/α-hetero) is 1. The summed E-state index contributed by atoms with van der Waals surface area (Å²) in [7, 11) is 0. The summed E-state index contributed by atoms with van der Waals surface area (Å²) in [5.74, 6) is 1.15. The van der Waals surface area contributed by atoms with Crippen LogP contribution < -0.4 is 0 Å². The highest BCUT2D eigenvalue weighted by atomic mass is 16.1. The van der Waals surface area contributed by atoms with Gasteiger partial charge in [-0.3, -0.25) is 9.78 Å². The molecule has 2 aromatic rings. The Morgan fingerprint density at radius 2 is 2.05 bits per heavy atom. The van der Waals surface area contributed by atoms with Crippen LogP contribution in [-0.2, 0) is 0 Å². The maximum atomic E-state index is 12.7. The maximum Gasteiger partial charge on any atom is 0.168 e. The van der Waals surface area contributed by atoms with E-state index in [2.05, 4.69) is 11.9 Å². The van der Waals surface area contributed by atoms with Crippen molar-refractivity contribution in [3.05, 3.63) is 42.2 Å². The lowest BCUT2D eigenvalue weighted by molar-refractivity contribution is 0.0870. The molecule has 3 rings (SSSR count). The molecular formula is C17H19NO. The Morgan fingerprint density at radius 1 is 1.21 bits per heavy atom. The summed E-state index contributed by atoms with van der Waals surface area (Å²) >= 11 is 0. The Morgan fingerprint density at radius 3 is 2.89 bits per heavy atom. The molecule has 0 amide bonds. The van der Waals surface area contributed by atoms with Gasteiger partial charge in [0.15, 0.2) is 5.78 Å². The van der Waals surface area contributed by atoms with Crippen LogP contribution in [0, 0.1) is 11.8 Å². The Hall–Kier alpha value is -1.70. The molecule has 1 aliphatic rings. The van der Waals surface area contributed by atoms with Gasteiger partial charge in [0.25, 0.3) is 0 Å². The number of fused-ring (bicyclic) bond motifs is 1. The molecule has 0 saturated heterocycles. The average molecular weight is 253 g/mol. The highest BCUT2D eigenvalue weighted by Crippen LogP contribution is 2.32. The van der Waals surface area contributed by atoms with Crippen molar-refractivity contribution in [2.45, 2.75) is 32.6 Å². The van der Waals surface area contributed by atoms with Crippen molar-refractivity contribution < 1.29 is 4.79 Å². The molecule has 1 fully saturated rings. The van der Waals surface area contributed by atoms with E-state index in [1.54, 1.807) is 6.20 Å². The van der Waals surface area contributed by atoms with Crippen molar-refractivity contribution in [2.24, 2.45) is 11.8 Å². The molecule has 2 heteroatoms. The third-order valence-electron chi connectivity index (χ3n) is 4.24. The second-order valence-electron chi connectivity index (χ2n) is 5.74. The van der Waals surface area contributed by atoms with E-state index in [1.807, 2.05) is 30.5 Å². The minimum absolute atomic E-state index is 0.191. The van der Waals surface area contributed by atoms with E-state index in [-0.39, 0.29) is 11.7 Å². The van der Waals surface area contributed by atoms with Crippen molar-refractivity contribution in [2.75, 3.05) is 0 Å². The second kappa shape index (κ2) is 5.12. The lowest BCUT2D eigenvalue weighted by Crippen LogP contribution is -2.22. The van der Waals surface area contributed by atoms with Crippen molar-refractivity contribution in [1.29, 1.82) is 0 Å². The van der Waals surface area contributed by atoms with Crippen LogP contribution in [0.15, 0.2) is 36.7 Å². The molecule has 1 aromatic heterocycles. The molecule has 2 atom stereocenters. The number of carbonyl (C=O) groups is 1. The standard InChI is InChI=1S/C17H19NO/c1-12-5-4-7-13(9-12)17(19)16-11-18-10-14-6-2-3-8-15(14)16/h2-3,6,8,10-13H,4-5,7,9H2,1H3. The van der Waals surface area contributed by atoms with Crippen molar-refractivity contribution in [3.63, 3.8) is 0 Å². The Kier molecular flexibility index (Phi) is 3.33. The van der Waals surface area contributed by atoms with Gasteiger partial charge in [-0.2, -0.15) is 0 Å². The topological polar surface area (TPSA) is 30.0 Å². The average Bonchev–Trinajstić information content (AvgIpc) is 2.46. The van der Waals surface area contributed by atoms with Crippen LogP contribution in [0.3, 0.4) is 0 Å². The first-order chi connectivity index (χ1) is 9.25. The summed E-state index contributed by atoms with van der Waals surface area (Å²) in [6.07, 6.45) is 8.07. The van der Waals surface area contributed by atoms with Crippen LogP contribution in [0.25, 0.3) is 10.8 Å².